The molecule has 116 valence electrons. The van der Waals surface area contributed by atoms with Gasteiger partial charge in [-0.15, -0.1) is 0 Å². The third-order valence-corrected chi connectivity index (χ3v) is 4.08. The summed E-state index contributed by atoms with van der Waals surface area (Å²) in [5.41, 5.74) is 0.115. The summed E-state index contributed by atoms with van der Waals surface area (Å²) in [7, 11) is 0. The number of hydrogen-bond acceptors (Lipinski definition) is 5. The number of aliphatic hydroxyl groups excluding tert-OH is 1. The van der Waals surface area contributed by atoms with Gasteiger partial charge < -0.3 is 15.5 Å². The molecule has 0 atom stereocenters. The lowest BCUT2D eigenvalue weighted by atomic mass is 9.94. The van der Waals surface area contributed by atoms with Gasteiger partial charge in [0.15, 0.2) is 0 Å². The molecule has 2 rings (SSSR count). The van der Waals surface area contributed by atoms with E-state index in [1.54, 1.807) is 6.07 Å². The molecule has 0 amide bonds. The molecule has 1 aromatic rings. The first-order valence-electron chi connectivity index (χ1n) is 7.38. The molecule has 0 heterocycles. The predicted molar refractivity (Wildman–Crippen MR) is 80.2 cm³/mol. The summed E-state index contributed by atoms with van der Waals surface area (Å²) >= 11 is 0. The van der Waals surface area contributed by atoms with E-state index in [4.69, 9.17) is 5.11 Å². The minimum Gasteiger partial charge on any atom is -0.392 e. The monoisotopic (exact) mass is 294 g/mol. The Morgan fingerprint density at radius 3 is 2.48 bits per heavy atom. The van der Waals surface area contributed by atoms with Crippen molar-refractivity contribution in [2.45, 2.75) is 50.7 Å². The van der Waals surface area contributed by atoms with Gasteiger partial charge in [0.25, 0.3) is 5.69 Å². The highest BCUT2D eigenvalue weighted by molar-refractivity contribution is 5.62. The average Bonchev–Trinajstić information content (AvgIpc) is 2.70. The Morgan fingerprint density at radius 2 is 1.90 bits per heavy atom. The van der Waals surface area contributed by atoms with Crippen molar-refractivity contribution in [1.29, 1.82) is 0 Å². The van der Waals surface area contributed by atoms with Crippen molar-refractivity contribution < 1.29 is 15.1 Å². The zero-order valence-corrected chi connectivity index (χ0v) is 12.0. The zero-order chi connectivity index (χ0) is 15.3. The number of rotatable bonds is 5. The maximum Gasteiger partial charge on any atom is 0.292 e. The van der Waals surface area contributed by atoms with Gasteiger partial charge in [0.2, 0.25) is 0 Å². The van der Waals surface area contributed by atoms with Crippen LogP contribution in [-0.2, 0) is 6.61 Å². The molecule has 1 aliphatic carbocycles. The molecule has 1 saturated carbocycles. The van der Waals surface area contributed by atoms with Crippen molar-refractivity contribution in [3.8, 4) is 0 Å². The van der Waals surface area contributed by atoms with Gasteiger partial charge in [0, 0.05) is 12.6 Å². The fourth-order valence-corrected chi connectivity index (χ4v) is 2.81. The van der Waals surface area contributed by atoms with Crippen LogP contribution < -0.4 is 5.32 Å². The van der Waals surface area contributed by atoms with Crippen molar-refractivity contribution in [3.05, 3.63) is 33.9 Å². The van der Waals surface area contributed by atoms with Gasteiger partial charge in [-0.3, -0.25) is 10.1 Å². The van der Waals surface area contributed by atoms with E-state index in [0.717, 1.165) is 25.7 Å². The van der Waals surface area contributed by atoms with E-state index in [1.165, 1.54) is 12.1 Å². The largest absolute Gasteiger partial charge is 0.392 e. The first-order chi connectivity index (χ1) is 10.0. The Kier molecular flexibility index (Phi) is 5.14. The lowest BCUT2D eigenvalue weighted by molar-refractivity contribution is -0.384. The van der Waals surface area contributed by atoms with Gasteiger partial charge in [-0.05, 0) is 30.5 Å². The summed E-state index contributed by atoms with van der Waals surface area (Å²) in [6, 6.07) is 4.48. The molecule has 0 spiro atoms. The van der Waals surface area contributed by atoms with E-state index < -0.39 is 10.5 Å². The number of nitrogens with zero attached hydrogens (tertiary/aromatic N) is 1. The average molecular weight is 294 g/mol. The number of nitro groups is 1. The van der Waals surface area contributed by atoms with Gasteiger partial charge >= 0.3 is 0 Å². The van der Waals surface area contributed by atoms with Crippen LogP contribution in [-0.4, -0.2) is 27.3 Å². The number of nitrogens with one attached hydrogen (secondary N) is 1. The van der Waals surface area contributed by atoms with E-state index in [0.29, 0.717) is 30.6 Å². The molecular formula is C15H22N2O4. The molecular weight excluding hydrogens is 272 g/mol. The summed E-state index contributed by atoms with van der Waals surface area (Å²) < 4.78 is 0. The molecule has 0 aliphatic heterocycles. The Labute approximate surface area is 124 Å². The first kappa shape index (κ1) is 15.7. The van der Waals surface area contributed by atoms with Crippen LogP contribution in [0.15, 0.2) is 18.2 Å². The highest BCUT2D eigenvalue weighted by atomic mass is 16.6. The maximum atomic E-state index is 11.0. The number of anilines is 1. The van der Waals surface area contributed by atoms with Gasteiger partial charge in [-0.1, -0.05) is 25.7 Å². The third kappa shape index (κ3) is 4.15. The standard InChI is InChI=1S/C15H22N2O4/c18-10-12-5-6-14(17(20)21)13(9-12)16-11-15(19)7-3-1-2-4-8-15/h5-6,9,16,18-19H,1-4,7-8,10-11H2. The zero-order valence-electron chi connectivity index (χ0n) is 12.0. The van der Waals surface area contributed by atoms with Gasteiger partial charge in [-0.25, -0.2) is 0 Å². The minimum atomic E-state index is -0.806. The van der Waals surface area contributed by atoms with E-state index in [9.17, 15) is 15.2 Å². The predicted octanol–water partition coefficient (Wildman–Crippen LogP) is 2.58. The van der Waals surface area contributed by atoms with E-state index >= 15 is 0 Å². The molecule has 0 aromatic heterocycles. The van der Waals surface area contributed by atoms with Gasteiger partial charge in [-0.2, -0.15) is 0 Å². The van der Waals surface area contributed by atoms with E-state index in [-0.39, 0.29) is 12.3 Å². The van der Waals surface area contributed by atoms with Crippen LogP contribution in [0.5, 0.6) is 0 Å². The summed E-state index contributed by atoms with van der Waals surface area (Å²) in [4.78, 5) is 10.6. The second-order valence-corrected chi connectivity index (χ2v) is 5.76. The van der Waals surface area contributed by atoms with Crippen LogP contribution >= 0.6 is 0 Å². The quantitative estimate of drug-likeness (QED) is 0.440. The SMILES string of the molecule is O=[N+]([O-])c1ccc(CO)cc1NCC1(O)CCCCCC1. The molecule has 1 aromatic carbocycles. The summed E-state index contributed by atoms with van der Waals surface area (Å²) in [6.45, 7) is 0.125. The van der Waals surface area contributed by atoms with Crippen LogP contribution in [0.4, 0.5) is 11.4 Å². The maximum absolute atomic E-state index is 11.0. The molecule has 0 unspecified atom stereocenters. The van der Waals surface area contributed by atoms with Crippen LogP contribution in [0.3, 0.4) is 0 Å². The summed E-state index contributed by atoms with van der Waals surface area (Å²) in [5, 5.41) is 33.8. The summed E-state index contributed by atoms with van der Waals surface area (Å²) in [6.07, 6.45) is 5.65. The normalized spacial score (nSPS) is 18.0. The van der Waals surface area contributed by atoms with Crippen molar-refractivity contribution in [2.75, 3.05) is 11.9 Å². The van der Waals surface area contributed by atoms with E-state index in [2.05, 4.69) is 5.32 Å². The Balaban J connectivity index is 2.12. The van der Waals surface area contributed by atoms with Gasteiger partial charge in [0.1, 0.15) is 5.69 Å². The van der Waals surface area contributed by atoms with Crippen molar-refractivity contribution in [1.82, 2.24) is 0 Å². The second kappa shape index (κ2) is 6.87. The lowest BCUT2D eigenvalue weighted by Gasteiger charge is -2.27. The molecule has 3 N–H and O–H groups in total. The number of benzene rings is 1. The number of nitro benzene ring substituents is 1. The number of aliphatic hydroxyl groups is 2. The second-order valence-electron chi connectivity index (χ2n) is 5.76. The third-order valence-electron chi connectivity index (χ3n) is 4.08. The van der Waals surface area contributed by atoms with Crippen molar-refractivity contribution in [3.63, 3.8) is 0 Å². The topological polar surface area (TPSA) is 95.6 Å². The molecule has 21 heavy (non-hydrogen) atoms. The highest BCUT2D eigenvalue weighted by Crippen LogP contribution is 2.30. The Morgan fingerprint density at radius 1 is 1.24 bits per heavy atom. The van der Waals surface area contributed by atoms with E-state index in [1.807, 2.05) is 0 Å². The molecule has 1 fully saturated rings. The molecule has 6 heteroatoms. The first-order valence-corrected chi connectivity index (χ1v) is 7.38. The van der Waals surface area contributed by atoms with Crippen molar-refractivity contribution in [2.24, 2.45) is 0 Å². The summed E-state index contributed by atoms with van der Waals surface area (Å²) in [5.74, 6) is 0. The molecule has 0 radical (unpaired) electrons. The number of hydrogen-bond donors (Lipinski definition) is 3. The van der Waals surface area contributed by atoms with Crippen LogP contribution in [0.1, 0.15) is 44.1 Å². The molecule has 0 bridgehead atoms. The van der Waals surface area contributed by atoms with Crippen LogP contribution in [0, 0.1) is 10.1 Å². The fraction of sp³-hybridized carbons (Fsp3) is 0.600. The van der Waals surface area contributed by atoms with Crippen molar-refractivity contribution >= 4 is 11.4 Å². The lowest BCUT2D eigenvalue weighted by Crippen LogP contribution is -2.36. The van der Waals surface area contributed by atoms with Crippen LogP contribution in [0.25, 0.3) is 0 Å². The Hall–Kier alpha value is -1.66. The minimum absolute atomic E-state index is 0.0376. The fourth-order valence-electron chi connectivity index (χ4n) is 2.81. The smallest absolute Gasteiger partial charge is 0.292 e. The van der Waals surface area contributed by atoms with Gasteiger partial charge in [0.05, 0.1) is 17.1 Å². The highest BCUT2D eigenvalue weighted by Gasteiger charge is 2.28. The molecule has 6 nitrogen and oxygen atoms in total. The Bertz CT molecular complexity index is 496. The van der Waals surface area contributed by atoms with Crippen LogP contribution in [0.2, 0.25) is 0 Å². The molecule has 1 aliphatic rings. The molecule has 0 saturated heterocycles.